The Bertz CT molecular complexity index is 1050. The van der Waals surface area contributed by atoms with E-state index in [-0.39, 0.29) is 25.1 Å². The number of carbonyl (C=O) groups excluding carboxylic acids is 1. The second-order valence-corrected chi connectivity index (χ2v) is 6.25. The summed E-state index contributed by atoms with van der Waals surface area (Å²) in [7, 11) is 1.39. The van der Waals surface area contributed by atoms with Gasteiger partial charge in [0.15, 0.2) is 11.5 Å². The monoisotopic (exact) mass is 349 g/mol. The van der Waals surface area contributed by atoms with Gasteiger partial charge in [0, 0.05) is 28.5 Å². The van der Waals surface area contributed by atoms with Gasteiger partial charge in [0.05, 0.1) is 19.0 Å². The van der Waals surface area contributed by atoms with Crippen LogP contribution in [0.2, 0.25) is 0 Å². The summed E-state index contributed by atoms with van der Waals surface area (Å²) >= 11 is 0. The van der Waals surface area contributed by atoms with Crippen LogP contribution in [0, 0.1) is 0 Å². The number of para-hydroxylation sites is 1. The van der Waals surface area contributed by atoms with Crippen molar-refractivity contribution in [2.75, 3.05) is 13.9 Å². The predicted molar refractivity (Wildman–Crippen MR) is 92.9 cm³/mol. The molecule has 5 rings (SSSR count). The minimum atomic E-state index is -0.292. The molecule has 0 unspecified atom stereocenters. The number of hydrogen-bond acceptors (Lipinski definition) is 6. The lowest BCUT2D eigenvalue weighted by Gasteiger charge is -2.27. The van der Waals surface area contributed by atoms with Gasteiger partial charge in [-0.3, -0.25) is 4.79 Å². The third-order valence-corrected chi connectivity index (χ3v) is 4.78. The maximum absolute atomic E-state index is 12.1. The van der Waals surface area contributed by atoms with E-state index in [0.717, 1.165) is 22.0 Å². The van der Waals surface area contributed by atoms with Crippen LogP contribution >= 0.6 is 0 Å². The Morgan fingerprint density at radius 3 is 2.77 bits per heavy atom. The molecule has 0 saturated heterocycles. The van der Waals surface area contributed by atoms with Crippen molar-refractivity contribution in [1.29, 1.82) is 0 Å². The van der Waals surface area contributed by atoms with Crippen LogP contribution in [0.5, 0.6) is 23.1 Å². The fourth-order valence-corrected chi connectivity index (χ4v) is 3.49. The highest BCUT2D eigenvalue weighted by Gasteiger charge is 2.33. The van der Waals surface area contributed by atoms with Crippen LogP contribution in [0.25, 0.3) is 10.9 Å². The van der Waals surface area contributed by atoms with Crippen LogP contribution in [0.1, 0.15) is 23.5 Å². The number of esters is 1. The lowest BCUT2D eigenvalue weighted by Crippen LogP contribution is -2.16. The van der Waals surface area contributed by atoms with E-state index < -0.39 is 0 Å². The Morgan fingerprint density at radius 1 is 1.12 bits per heavy atom. The Morgan fingerprint density at radius 2 is 1.92 bits per heavy atom. The summed E-state index contributed by atoms with van der Waals surface area (Å²) in [6.45, 7) is 0.176. The van der Waals surface area contributed by atoms with Crippen LogP contribution in [0.15, 0.2) is 42.5 Å². The van der Waals surface area contributed by atoms with Gasteiger partial charge in [-0.15, -0.1) is 0 Å². The third kappa shape index (κ3) is 2.26. The molecule has 0 bridgehead atoms. The average Bonchev–Trinajstić information content (AvgIpc) is 3.12. The van der Waals surface area contributed by atoms with E-state index in [0.29, 0.717) is 23.1 Å². The number of fused-ring (bicyclic) bond motifs is 4. The van der Waals surface area contributed by atoms with E-state index in [1.54, 1.807) is 6.07 Å². The number of aromatic nitrogens is 1. The molecule has 0 fully saturated rings. The number of ether oxygens (including phenoxy) is 4. The van der Waals surface area contributed by atoms with Gasteiger partial charge in [0.1, 0.15) is 5.75 Å². The zero-order valence-electron chi connectivity index (χ0n) is 14.0. The third-order valence-electron chi connectivity index (χ3n) is 4.78. The van der Waals surface area contributed by atoms with Crippen molar-refractivity contribution in [1.82, 2.24) is 4.98 Å². The number of nitrogens with zero attached hydrogens (tertiary/aromatic N) is 1. The quantitative estimate of drug-likeness (QED) is 0.656. The fourth-order valence-electron chi connectivity index (χ4n) is 3.49. The summed E-state index contributed by atoms with van der Waals surface area (Å²) in [6, 6.07) is 13.5. The molecule has 0 saturated carbocycles. The smallest absolute Gasteiger partial charge is 0.306 e. The van der Waals surface area contributed by atoms with Gasteiger partial charge in [-0.2, -0.15) is 0 Å². The highest BCUT2D eigenvalue weighted by molar-refractivity contribution is 5.82. The minimum absolute atomic E-state index is 0.176. The number of benzene rings is 2. The zero-order chi connectivity index (χ0) is 17.7. The molecule has 6 heteroatoms. The molecule has 6 nitrogen and oxygen atoms in total. The molecule has 1 atom stereocenters. The normalized spacial score (nSPS) is 16.6. The van der Waals surface area contributed by atoms with Gasteiger partial charge in [-0.1, -0.05) is 18.2 Å². The first kappa shape index (κ1) is 15.0. The molecule has 130 valence electrons. The molecule has 2 aliphatic rings. The van der Waals surface area contributed by atoms with Crippen molar-refractivity contribution in [2.24, 2.45) is 0 Å². The lowest BCUT2D eigenvalue weighted by molar-refractivity contribution is -0.140. The van der Waals surface area contributed by atoms with Crippen LogP contribution in [-0.4, -0.2) is 24.9 Å². The van der Waals surface area contributed by atoms with Gasteiger partial charge in [-0.25, -0.2) is 4.98 Å². The summed E-state index contributed by atoms with van der Waals surface area (Å²) in [6.07, 6.45) is 0.194. The lowest BCUT2D eigenvalue weighted by atomic mass is 9.86. The molecular formula is C20H15NO5. The maximum Gasteiger partial charge on any atom is 0.306 e. The molecule has 1 aromatic heterocycles. The Labute approximate surface area is 149 Å². The van der Waals surface area contributed by atoms with Crippen molar-refractivity contribution in [2.45, 2.75) is 12.3 Å². The van der Waals surface area contributed by atoms with Crippen molar-refractivity contribution >= 4 is 16.9 Å². The fraction of sp³-hybridized carbons (Fsp3) is 0.200. The van der Waals surface area contributed by atoms with Gasteiger partial charge in [0.2, 0.25) is 12.7 Å². The summed E-state index contributed by atoms with van der Waals surface area (Å²) in [5.74, 6) is 1.89. The standard InChI is InChI=1S/C20H15NO5/c1-23-19(22)8-12-13-7-17-18(25-10-24-17)9-16(13)26-20-14(12)6-11-4-2-3-5-15(11)21-20/h2-7,9,12H,8,10H2,1H3/t12-/m1/s1. The van der Waals surface area contributed by atoms with Crippen molar-refractivity contribution < 1.29 is 23.7 Å². The van der Waals surface area contributed by atoms with E-state index in [1.165, 1.54) is 7.11 Å². The van der Waals surface area contributed by atoms with Crippen LogP contribution in [0.4, 0.5) is 0 Å². The van der Waals surface area contributed by atoms with Crippen LogP contribution < -0.4 is 14.2 Å². The molecule has 0 radical (unpaired) electrons. The van der Waals surface area contributed by atoms with Crippen LogP contribution in [0.3, 0.4) is 0 Å². The summed E-state index contributed by atoms with van der Waals surface area (Å²) in [5, 5.41) is 0.994. The number of pyridine rings is 1. The van der Waals surface area contributed by atoms with Gasteiger partial charge < -0.3 is 18.9 Å². The molecule has 0 amide bonds. The molecule has 26 heavy (non-hydrogen) atoms. The first-order chi connectivity index (χ1) is 12.7. The summed E-state index contributed by atoms with van der Waals surface area (Å²) in [5.41, 5.74) is 2.57. The van der Waals surface area contributed by atoms with Crippen LogP contribution in [-0.2, 0) is 9.53 Å². The summed E-state index contributed by atoms with van der Waals surface area (Å²) in [4.78, 5) is 16.7. The molecule has 3 aromatic rings. The molecule has 0 spiro atoms. The topological polar surface area (TPSA) is 66.9 Å². The molecule has 0 aliphatic carbocycles. The first-order valence-electron chi connectivity index (χ1n) is 8.31. The van der Waals surface area contributed by atoms with Gasteiger partial charge >= 0.3 is 5.97 Å². The predicted octanol–water partition coefficient (Wildman–Crippen LogP) is 3.76. The maximum atomic E-state index is 12.1. The average molecular weight is 349 g/mol. The van der Waals surface area contributed by atoms with Crippen molar-refractivity contribution in [3.8, 4) is 23.1 Å². The summed E-state index contributed by atoms with van der Waals surface area (Å²) < 4.78 is 21.9. The number of rotatable bonds is 2. The Kier molecular flexibility index (Phi) is 3.25. The second kappa shape index (κ2) is 5.62. The Balaban J connectivity index is 1.71. The molecular weight excluding hydrogens is 334 g/mol. The van der Waals surface area contributed by atoms with Gasteiger partial charge in [-0.05, 0) is 18.2 Å². The molecule has 2 aliphatic heterocycles. The molecule has 3 heterocycles. The van der Waals surface area contributed by atoms with Crippen molar-refractivity contribution in [3.63, 3.8) is 0 Å². The number of hydrogen-bond donors (Lipinski definition) is 0. The van der Waals surface area contributed by atoms with E-state index >= 15 is 0 Å². The number of methoxy groups -OCH3 is 1. The van der Waals surface area contributed by atoms with Crippen molar-refractivity contribution in [3.05, 3.63) is 53.6 Å². The van der Waals surface area contributed by atoms with Gasteiger partial charge in [0.25, 0.3) is 0 Å². The minimum Gasteiger partial charge on any atom is -0.469 e. The first-order valence-corrected chi connectivity index (χ1v) is 8.31. The van der Waals surface area contributed by atoms with E-state index in [2.05, 4.69) is 4.98 Å². The Hall–Kier alpha value is -3.28. The highest BCUT2D eigenvalue weighted by atomic mass is 16.7. The number of carbonyl (C=O) groups is 1. The molecule has 0 N–H and O–H groups in total. The van der Waals surface area contributed by atoms with E-state index in [4.69, 9.17) is 18.9 Å². The zero-order valence-corrected chi connectivity index (χ0v) is 14.0. The largest absolute Gasteiger partial charge is 0.469 e. The van der Waals surface area contributed by atoms with E-state index in [1.807, 2.05) is 36.4 Å². The van der Waals surface area contributed by atoms with E-state index in [9.17, 15) is 4.79 Å². The second-order valence-electron chi connectivity index (χ2n) is 6.25. The highest BCUT2D eigenvalue weighted by Crippen LogP contribution is 2.50. The SMILES string of the molecule is COC(=O)C[C@@H]1c2cc3c(cc2Oc2nc4ccccc4cc21)OCO3. The molecule has 2 aromatic carbocycles.